The van der Waals surface area contributed by atoms with Gasteiger partial charge < -0.3 is 10.4 Å². The molecule has 1 amide bonds. The summed E-state index contributed by atoms with van der Waals surface area (Å²) >= 11 is 0. The van der Waals surface area contributed by atoms with Crippen molar-refractivity contribution in [3.05, 3.63) is 0 Å². The van der Waals surface area contributed by atoms with E-state index in [4.69, 9.17) is 5.11 Å². The minimum atomic E-state index is -1.07. The van der Waals surface area contributed by atoms with Crippen LogP contribution in [0.4, 0.5) is 0 Å². The fourth-order valence-electron chi connectivity index (χ4n) is 1.27. The molecule has 1 atom stereocenters. The highest BCUT2D eigenvalue weighted by Crippen LogP contribution is 2.33. The Balaban J connectivity index is 2.04. The Hall–Kier alpha value is -1.06. The second-order valence-electron chi connectivity index (χ2n) is 3.94. The van der Waals surface area contributed by atoms with Gasteiger partial charge in [0, 0.05) is 6.54 Å². The maximum Gasteiger partial charge on any atom is 0.315 e. The van der Waals surface area contributed by atoms with Crippen LogP contribution in [0.15, 0.2) is 0 Å². The maximum absolute atomic E-state index is 11.2. The highest BCUT2D eigenvalue weighted by atomic mass is 16.4. The molecular weight excluding hydrogens is 182 g/mol. The Labute approximate surface area is 83.7 Å². The fourth-order valence-corrected chi connectivity index (χ4v) is 1.27. The standard InChI is InChI=1S/C10H17NO3/c1-7(10(13)14)9(12)11-6-2-3-8-4-5-8/h7-8H,2-6H2,1H3,(H,11,12)(H,13,14). The van der Waals surface area contributed by atoms with Crippen LogP contribution in [0.2, 0.25) is 0 Å². The lowest BCUT2D eigenvalue weighted by Gasteiger charge is -2.07. The minimum Gasteiger partial charge on any atom is -0.481 e. The molecule has 1 aliphatic rings. The number of carbonyl (C=O) groups is 2. The van der Waals surface area contributed by atoms with Crippen molar-refractivity contribution in [3.8, 4) is 0 Å². The van der Waals surface area contributed by atoms with Gasteiger partial charge in [0.1, 0.15) is 5.92 Å². The molecule has 0 aromatic carbocycles. The van der Waals surface area contributed by atoms with Crippen molar-refractivity contribution in [1.29, 1.82) is 0 Å². The van der Waals surface area contributed by atoms with Gasteiger partial charge in [-0.1, -0.05) is 12.8 Å². The third-order valence-corrected chi connectivity index (χ3v) is 2.55. The van der Waals surface area contributed by atoms with Crippen LogP contribution in [0.3, 0.4) is 0 Å². The summed E-state index contributed by atoms with van der Waals surface area (Å²) in [5.74, 6) is -1.52. The Bertz CT molecular complexity index is 223. The molecule has 1 aliphatic carbocycles. The van der Waals surface area contributed by atoms with Gasteiger partial charge in [-0.05, 0) is 25.7 Å². The van der Waals surface area contributed by atoms with Crippen molar-refractivity contribution in [2.45, 2.75) is 32.6 Å². The van der Waals surface area contributed by atoms with Crippen molar-refractivity contribution in [1.82, 2.24) is 5.32 Å². The summed E-state index contributed by atoms with van der Waals surface area (Å²) in [4.78, 5) is 21.6. The van der Waals surface area contributed by atoms with E-state index in [-0.39, 0.29) is 5.91 Å². The number of amides is 1. The number of carboxylic acids is 1. The zero-order valence-corrected chi connectivity index (χ0v) is 8.45. The molecule has 0 bridgehead atoms. The monoisotopic (exact) mass is 199 g/mol. The van der Waals surface area contributed by atoms with Gasteiger partial charge in [-0.15, -0.1) is 0 Å². The number of nitrogens with one attached hydrogen (secondary N) is 1. The summed E-state index contributed by atoms with van der Waals surface area (Å²) in [6.07, 6.45) is 4.75. The number of aliphatic carboxylic acids is 1. The molecule has 0 spiro atoms. The SMILES string of the molecule is CC(C(=O)O)C(=O)NCCCC1CC1. The van der Waals surface area contributed by atoms with Gasteiger partial charge in [-0.25, -0.2) is 0 Å². The average Bonchev–Trinajstić information content (AvgIpc) is 2.94. The minimum absolute atomic E-state index is 0.381. The molecule has 2 N–H and O–H groups in total. The number of carboxylic acid groups (broad SMARTS) is 1. The first-order chi connectivity index (χ1) is 6.61. The molecule has 0 aromatic rings. The molecule has 4 heteroatoms. The lowest BCUT2D eigenvalue weighted by molar-refractivity contribution is -0.146. The molecule has 1 unspecified atom stereocenters. The third-order valence-electron chi connectivity index (χ3n) is 2.55. The highest BCUT2D eigenvalue weighted by Gasteiger charge is 2.22. The van der Waals surface area contributed by atoms with Crippen LogP contribution >= 0.6 is 0 Å². The summed E-state index contributed by atoms with van der Waals surface area (Å²) < 4.78 is 0. The van der Waals surface area contributed by atoms with Gasteiger partial charge in [-0.2, -0.15) is 0 Å². The van der Waals surface area contributed by atoms with Crippen LogP contribution in [-0.4, -0.2) is 23.5 Å². The normalized spacial score (nSPS) is 17.5. The predicted octanol–water partition coefficient (Wildman–Crippen LogP) is 1.01. The first-order valence-electron chi connectivity index (χ1n) is 5.11. The van der Waals surface area contributed by atoms with Crippen molar-refractivity contribution in [3.63, 3.8) is 0 Å². The van der Waals surface area contributed by atoms with Crippen LogP contribution in [0.5, 0.6) is 0 Å². The van der Waals surface area contributed by atoms with Crippen molar-refractivity contribution in [2.24, 2.45) is 11.8 Å². The van der Waals surface area contributed by atoms with E-state index in [1.165, 1.54) is 19.8 Å². The maximum atomic E-state index is 11.2. The van der Waals surface area contributed by atoms with Crippen LogP contribution in [0, 0.1) is 11.8 Å². The van der Waals surface area contributed by atoms with Gasteiger partial charge in [0.15, 0.2) is 0 Å². The van der Waals surface area contributed by atoms with Crippen LogP contribution in [0.1, 0.15) is 32.6 Å². The highest BCUT2D eigenvalue weighted by molar-refractivity contribution is 5.96. The molecule has 14 heavy (non-hydrogen) atoms. The summed E-state index contributed by atoms with van der Waals surface area (Å²) in [5.41, 5.74) is 0. The molecule has 0 aliphatic heterocycles. The Morgan fingerprint density at radius 1 is 1.50 bits per heavy atom. The van der Waals surface area contributed by atoms with Crippen molar-refractivity contribution in [2.75, 3.05) is 6.54 Å². The second kappa shape index (κ2) is 4.98. The number of rotatable bonds is 6. The molecule has 1 fully saturated rings. The van der Waals surface area contributed by atoms with Crippen LogP contribution in [0.25, 0.3) is 0 Å². The summed E-state index contributed by atoms with van der Waals surface area (Å²) in [5, 5.41) is 11.2. The first-order valence-corrected chi connectivity index (χ1v) is 5.11. The zero-order valence-electron chi connectivity index (χ0n) is 8.45. The molecule has 0 saturated heterocycles. The molecule has 0 aromatic heterocycles. The van der Waals surface area contributed by atoms with Gasteiger partial charge in [0.25, 0.3) is 0 Å². The lowest BCUT2D eigenvalue weighted by Crippen LogP contribution is -2.34. The van der Waals surface area contributed by atoms with Gasteiger partial charge >= 0.3 is 5.97 Å². The lowest BCUT2D eigenvalue weighted by atomic mass is 10.1. The number of hydrogen-bond donors (Lipinski definition) is 2. The van der Waals surface area contributed by atoms with E-state index >= 15 is 0 Å². The predicted molar refractivity (Wildman–Crippen MR) is 51.8 cm³/mol. The van der Waals surface area contributed by atoms with E-state index in [0.717, 1.165) is 18.8 Å². The Morgan fingerprint density at radius 2 is 2.14 bits per heavy atom. The smallest absolute Gasteiger partial charge is 0.315 e. The van der Waals surface area contributed by atoms with Crippen LogP contribution < -0.4 is 5.32 Å². The molecule has 0 radical (unpaired) electrons. The van der Waals surface area contributed by atoms with E-state index in [9.17, 15) is 9.59 Å². The first kappa shape index (κ1) is 11.0. The molecule has 4 nitrogen and oxygen atoms in total. The van der Waals surface area contributed by atoms with Crippen molar-refractivity contribution >= 4 is 11.9 Å². The van der Waals surface area contributed by atoms with E-state index < -0.39 is 11.9 Å². The topological polar surface area (TPSA) is 66.4 Å². The largest absolute Gasteiger partial charge is 0.481 e. The summed E-state index contributed by atoms with van der Waals surface area (Å²) in [6.45, 7) is 2.01. The van der Waals surface area contributed by atoms with E-state index in [1.807, 2.05) is 0 Å². The number of carbonyl (C=O) groups excluding carboxylic acids is 1. The van der Waals surface area contributed by atoms with E-state index in [1.54, 1.807) is 0 Å². The zero-order chi connectivity index (χ0) is 10.6. The molecule has 80 valence electrons. The third kappa shape index (κ3) is 3.77. The quantitative estimate of drug-likeness (QED) is 0.495. The van der Waals surface area contributed by atoms with Gasteiger partial charge in [0.05, 0.1) is 0 Å². The van der Waals surface area contributed by atoms with E-state index in [2.05, 4.69) is 5.32 Å². The van der Waals surface area contributed by atoms with E-state index in [0.29, 0.717) is 6.54 Å². The summed E-state index contributed by atoms with van der Waals surface area (Å²) in [6, 6.07) is 0. The van der Waals surface area contributed by atoms with Gasteiger partial charge in [0.2, 0.25) is 5.91 Å². The number of hydrogen-bond acceptors (Lipinski definition) is 2. The summed E-state index contributed by atoms with van der Waals surface area (Å²) in [7, 11) is 0. The molecule has 1 saturated carbocycles. The van der Waals surface area contributed by atoms with Crippen molar-refractivity contribution < 1.29 is 14.7 Å². The molecule has 1 rings (SSSR count). The molecule has 0 heterocycles. The fraction of sp³-hybridized carbons (Fsp3) is 0.800. The Kier molecular flexibility index (Phi) is 3.92. The van der Waals surface area contributed by atoms with Crippen LogP contribution in [-0.2, 0) is 9.59 Å². The second-order valence-corrected chi connectivity index (χ2v) is 3.94. The van der Waals surface area contributed by atoms with Gasteiger partial charge in [-0.3, -0.25) is 9.59 Å². The Morgan fingerprint density at radius 3 is 2.64 bits per heavy atom. The average molecular weight is 199 g/mol. The molecular formula is C10H17NO3.